The molecular weight excluding hydrogens is 361 g/mol. The molecule has 0 radical (unpaired) electrons. The number of rotatable bonds is 5. The van der Waals surface area contributed by atoms with Crippen molar-refractivity contribution in [2.45, 2.75) is 57.5 Å². The fourth-order valence-corrected chi connectivity index (χ4v) is 4.22. The van der Waals surface area contributed by atoms with E-state index in [1.807, 2.05) is 0 Å². The number of likely N-dealkylation sites (N-methyl/N-ethyl adjacent to an activating group) is 1. The molecule has 7 heteroatoms. The number of halogens is 1. The van der Waals surface area contributed by atoms with Gasteiger partial charge in [0.15, 0.2) is 0 Å². The van der Waals surface area contributed by atoms with Gasteiger partial charge in [0.25, 0.3) is 5.91 Å². The fourth-order valence-electron chi connectivity index (χ4n) is 4.22. The first-order valence-corrected chi connectivity index (χ1v) is 9.94. The second kappa shape index (κ2) is 7.89. The van der Waals surface area contributed by atoms with E-state index in [1.165, 1.54) is 24.3 Å². The lowest BCUT2D eigenvalue weighted by Gasteiger charge is -2.34. The van der Waals surface area contributed by atoms with Crippen molar-refractivity contribution in [1.82, 2.24) is 15.1 Å². The Morgan fingerprint density at radius 3 is 2.39 bits per heavy atom. The van der Waals surface area contributed by atoms with Gasteiger partial charge in [-0.05, 0) is 55.7 Å². The number of nitrogens with zero attached hydrogens (tertiary/aromatic N) is 2. The molecule has 28 heavy (non-hydrogen) atoms. The van der Waals surface area contributed by atoms with Crippen LogP contribution in [0.1, 0.15) is 51.5 Å². The van der Waals surface area contributed by atoms with E-state index in [2.05, 4.69) is 12.2 Å². The fraction of sp³-hybridized carbons (Fsp3) is 0.571. The maximum atomic E-state index is 13.3. The van der Waals surface area contributed by atoms with Crippen molar-refractivity contribution in [2.24, 2.45) is 5.92 Å². The van der Waals surface area contributed by atoms with Crippen LogP contribution in [-0.4, -0.2) is 47.3 Å². The Morgan fingerprint density at radius 2 is 1.82 bits per heavy atom. The van der Waals surface area contributed by atoms with Gasteiger partial charge in [-0.1, -0.05) is 26.0 Å². The standard InChI is InChI=1S/C21H28FN3O3/c1-4-21(15-7-9-16(22)10-8-15)19(27)25(20(28)23-21)13-18(26)24(3)17-11-5-14(2)6-12-17/h7-10,14,17H,4-6,11-13H2,1-3H3,(H,23,28)/t14?,17?,21-/m0/s1. The zero-order chi connectivity index (χ0) is 20.5. The van der Waals surface area contributed by atoms with E-state index >= 15 is 0 Å². The Kier molecular flexibility index (Phi) is 5.72. The number of imide groups is 1. The molecule has 152 valence electrons. The van der Waals surface area contributed by atoms with E-state index in [1.54, 1.807) is 18.9 Å². The molecule has 4 amide bonds. The highest BCUT2D eigenvalue weighted by Crippen LogP contribution is 2.33. The Labute approximate surface area is 165 Å². The lowest BCUT2D eigenvalue weighted by atomic mass is 9.86. The molecule has 1 heterocycles. The van der Waals surface area contributed by atoms with Crippen molar-refractivity contribution in [3.63, 3.8) is 0 Å². The Hall–Kier alpha value is -2.44. The Bertz CT molecular complexity index is 759. The van der Waals surface area contributed by atoms with E-state index in [0.29, 0.717) is 17.9 Å². The number of amides is 4. The molecule has 2 fully saturated rings. The molecule has 1 saturated heterocycles. The van der Waals surface area contributed by atoms with Gasteiger partial charge in [-0.25, -0.2) is 9.18 Å². The van der Waals surface area contributed by atoms with Gasteiger partial charge in [0.05, 0.1) is 0 Å². The molecule has 6 nitrogen and oxygen atoms in total. The average Bonchev–Trinajstić information content (AvgIpc) is 2.93. The minimum atomic E-state index is -1.26. The van der Waals surface area contributed by atoms with E-state index in [-0.39, 0.29) is 18.5 Å². The molecule has 1 aliphatic carbocycles. The first-order chi connectivity index (χ1) is 13.3. The molecule has 2 aliphatic rings. The van der Waals surface area contributed by atoms with E-state index < -0.39 is 23.3 Å². The third-order valence-electron chi connectivity index (χ3n) is 6.26. The lowest BCUT2D eigenvalue weighted by molar-refractivity contribution is -0.140. The number of carbonyl (C=O) groups excluding carboxylic acids is 3. The molecule has 0 unspecified atom stereocenters. The highest BCUT2D eigenvalue weighted by molar-refractivity contribution is 6.09. The van der Waals surface area contributed by atoms with Gasteiger partial charge in [-0.3, -0.25) is 14.5 Å². The first-order valence-electron chi connectivity index (χ1n) is 9.94. The van der Waals surface area contributed by atoms with Crippen LogP contribution in [0.3, 0.4) is 0 Å². The van der Waals surface area contributed by atoms with E-state index in [4.69, 9.17) is 0 Å². The quantitative estimate of drug-likeness (QED) is 0.787. The molecule has 1 aromatic rings. The second-order valence-electron chi connectivity index (χ2n) is 8.01. The molecule has 0 bridgehead atoms. The molecule has 1 aliphatic heterocycles. The minimum absolute atomic E-state index is 0.150. The third kappa shape index (κ3) is 3.62. The van der Waals surface area contributed by atoms with Crippen molar-refractivity contribution >= 4 is 17.8 Å². The highest BCUT2D eigenvalue weighted by atomic mass is 19.1. The summed E-state index contributed by atoms with van der Waals surface area (Å²) in [5, 5.41) is 2.73. The zero-order valence-electron chi connectivity index (χ0n) is 16.7. The van der Waals surface area contributed by atoms with Crippen LogP contribution >= 0.6 is 0 Å². The summed E-state index contributed by atoms with van der Waals surface area (Å²) >= 11 is 0. The van der Waals surface area contributed by atoms with Gasteiger partial charge >= 0.3 is 6.03 Å². The molecular formula is C21H28FN3O3. The van der Waals surface area contributed by atoms with Crippen LogP contribution in [0.4, 0.5) is 9.18 Å². The van der Waals surface area contributed by atoms with Crippen LogP contribution in [0.25, 0.3) is 0 Å². The average molecular weight is 389 g/mol. The van der Waals surface area contributed by atoms with Crippen LogP contribution in [0.2, 0.25) is 0 Å². The maximum Gasteiger partial charge on any atom is 0.325 e. The van der Waals surface area contributed by atoms with Gasteiger partial charge in [0.2, 0.25) is 5.91 Å². The molecule has 1 saturated carbocycles. The van der Waals surface area contributed by atoms with Crippen molar-refractivity contribution in [3.05, 3.63) is 35.6 Å². The topological polar surface area (TPSA) is 69.7 Å². The predicted molar refractivity (Wildman–Crippen MR) is 103 cm³/mol. The number of benzene rings is 1. The Balaban J connectivity index is 1.74. The van der Waals surface area contributed by atoms with Gasteiger partial charge in [-0.15, -0.1) is 0 Å². The molecule has 0 spiro atoms. The van der Waals surface area contributed by atoms with E-state index in [9.17, 15) is 18.8 Å². The van der Waals surface area contributed by atoms with Crippen molar-refractivity contribution in [3.8, 4) is 0 Å². The SMILES string of the molecule is CC[C@@]1(c2ccc(F)cc2)NC(=O)N(CC(=O)N(C)C2CCC(C)CC2)C1=O. The summed E-state index contributed by atoms with van der Waals surface area (Å²) in [5.74, 6) is -0.450. The molecule has 1 atom stereocenters. The zero-order valence-corrected chi connectivity index (χ0v) is 16.7. The van der Waals surface area contributed by atoms with Gasteiger partial charge in [-0.2, -0.15) is 0 Å². The number of hydrogen-bond acceptors (Lipinski definition) is 3. The van der Waals surface area contributed by atoms with Gasteiger partial charge in [0.1, 0.15) is 17.9 Å². The summed E-state index contributed by atoms with van der Waals surface area (Å²) in [6.07, 6.45) is 4.35. The first kappa shape index (κ1) is 20.3. The summed E-state index contributed by atoms with van der Waals surface area (Å²) in [7, 11) is 1.74. The van der Waals surface area contributed by atoms with Crippen molar-refractivity contribution < 1.29 is 18.8 Å². The number of carbonyl (C=O) groups is 3. The monoisotopic (exact) mass is 389 g/mol. The highest BCUT2D eigenvalue weighted by Gasteiger charge is 2.51. The largest absolute Gasteiger partial charge is 0.341 e. The Morgan fingerprint density at radius 1 is 1.21 bits per heavy atom. The molecule has 1 aromatic carbocycles. The van der Waals surface area contributed by atoms with Crippen LogP contribution in [-0.2, 0) is 15.1 Å². The summed E-state index contributed by atoms with van der Waals surface area (Å²) in [6, 6.07) is 5.08. The normalized spacial score (nSPS) is 27.6. The van der Waals surface area contributed by atoms with Crippen LogP contribution in [0, 0.1) is 11.7 Å². The maximum absolute atomic E-state index is 13.3. The number of hydrogen-bond donors (Lipinski definition) is 1. The van der Waals surface area contributed by atoms with E-state index in [0.717, 1.165) is 30.6 Å². The van der Waals surface area contributed by atoms with Crippen LogP contribution in [0.15, 0.2) is 24.3 Å². The molecule has 0 aromatic heterocycles. The van der Waals surface area contributed by atoms with Crippen molar-refractivity contribution in [2.75, 3.05) is 13.6 Å². The second-order valence-corrected chi connectivity index (χ2v) is 8.01. The van der Waals surface area contributed by atoms with Gasteiger partial charge < -0.3 is 10.2 Å². The predicted octanol–water partition coefficient (Wildman–Crippen LogP) is 3.02. The van der Waals surface area contributed by atoms with Crippen molar-refractivity contribution in [1.29, 1.82) is 0 Å². The van der Waals surface area contributed by atoms with Gasteiger partial charge in [0, 0.05) is 13.1 Å². The molecule has 1 N–H and O–H groups in total. The minimum Gasteiger partial charge on any atom is -0.341 e. The summed E-state index contributed by atoms with van der Waals surface area (Å²) in [5.41, 5.74) is -0.747. The molecule has 3 rings (SSSR count). The number of nitrogens with one attached hydrogen (secondary N) is 1. The van der Waals surface area contributed by atoms with Crippen LogP contribution < -0.4 is 5.32 Å². The number of urea groups is 1. The van der Waals surface area contributed by atoms with Crippen LogP contribution in [0.5, 0.6) is 0 Å². The third-order valence-corrected chi connectivity index (χ3v) is 6.26. The smallest absolute Gasteiger partial charge is 0.325 e. The summed E-state index contributed by atoms with van der Waals surface area (Å²) in [6.45, 7) is 3.71. The summed E-state index contributed by atoms with van der Waals surface area (Å²) in [4.78, 5) is 41.0. The summed E-state index contributed by atoms with van der Waals surface area (Å²) < 4.78 is 13.3. The lowest BCUT2D eigenvalue weighted by Crippen LogP contribution is -2.47.